The lowest BCUT2D eigenvalue weighted by molar-refractivity contribution is -0.120. The van der Waals surface area contributed by atoms with Crippen molar-refractivity contribution >= 4 is 17.5 Å². The first kappa shape index (κ1) is 20.1. The van der Waals surface area contributed by atoms with Crippen LogP contribution in [-0.4, -0.2) is 31.6 Å². The van der Waals surface area contributed by atoms with E-state index in [0.717, 1.165) is 11.3 Å². The second-order valence-electron chi connectivity index (χ2n) is 5.75. The van der Waals surface area contributed by atoms with Crippen molar-refractivity contribution in [2.75, 3.05) is 25.1 Å². The molecule has 0 unspecified atom stereocenters. The number of hydrazine groups is 1. The van der Waals surface area contributed by atoms with Gasteiger partial charge in [0.15, 0.2) is 11.5 Å². The minimum atomic E-state index is -0.442. The highest BCUT2D eigenvalue weighted by molar-refractivity contribution is 5.96. The molecular formula is C20H25N3O4. The number of aryl methyl sites for hydroxylation is 1. The maximum atomic E-state index is 12.2. The van der Waals surface area contributed by atoms with Gasteiger partial charge in [0.2, 0.25) is 0 Å². The van der Waals surface area contributed by atoms with Gasteiger partial charge in [0.1, 0.15) is 0 Å². The number of hydrogen-bond donors (Lipinski definition) is 3. The Balaban J connectivity index is 1.87. The average Bonchev–Trinajstić information content (AvgIpc) is 2.67. The summed E-state index contributed by atoms with van der Waals surface area (Å²) >= 11 is 0. The monoisotopic (exact) mass is 371 g/mol. The van der Waals surface area contributed by atoms with Gasteiger partial charge in [-0.2, -0.15) is 0 Å². The first-order valence-corrected chi connectivity index (χ1v) is 8.82. The average molecular weight is 371 g/mol. The molecule has 0 saturated carbocycles. The van der Waals surface area contributed by atoms with E-state index in [1.165, 1.54) is 0 Å². The van der Waals surface area contributed by atoms with Gasteiger partial charge in [-0.15, -0.1) is 0 Å². The van der Waals surface area contributed by atoms with Gasteiger partial charge < -0.3 is 14.8 Å². The Morgan fingerprint density at radius 2 is 1.56 bits per heavy atom. The fraction of sp³-hybridized carbons (Fsp3) is 0.300. The van der Waals surface area contributed by atoms with Crippen LogP contribution in [0.3, 0.4) is 0 Å². The van der Waals surface area contributed by atoms with Crippen LogP contribution >= 0.6 is 0 Å². The van der Waals surface area contributed by atoms with E-state index in [4.69, 9.17) is 9.47 Å². The molecule has 2 rings (SSSR count). The lowest BCUT2D eigenvalue weighted by Crippen LogP contribution is -2.44. The second-order valence-corrected chi connectivity index (χ2v) is 5.75. The summed E-state index contributed by atoms with van der Waals surface area (Å²) < 4.78 is 11.0. The van der Waals surface area contributed by atoms with Crippen molar-refractivity contribution in [3.8, 4) is 11.5 Å². The van der Waals surface area contributed by atoms with E-state index in [0.29, 0.717) is 30.3 Å². The maximum Gasteiger partial charge on any atom is 0.269 e. The number of rotatable bonds is 8. The Labute approximate surface area is 159 Å². The molecule has 27 heavy (non-hydrogen) atoms. The maximum absolute atomic E-state index is 12.2. The van der Waals surface area contributed by atoms with Crippen molar-refractivity contribution in [1.29, 1.82) is 0 Å². The third kappa shape index (κ3) is 6.22. The molecule has 0 aliphatic carbocycles. The van der Waals surface area contributed by atoms with Crippen molar-refractivity contribution in [2.45, 2.75) is 20.8 Å². The van der Waals surface area contributed by atoms with Gasteiger partial charge >= 0.3 is 0 Å². The van der Waals surface area contributed by atoms with E-state index in [2.05, 4.69) is 16.2 Å². The van der Waals surface area contributed by atoms with Crippen LogP contribution in [0.4, 0.5) is 5.69 Å². The highest BCUT2D eigenvalue weighted by Gasteiger charge is 2.12. The highest BCUT2D eigenvalue weighted by atomic mass is 16.5. The van der Waals surface area contributed by atoms with Crippen molar-refractivity contribution < 1.29 is 19.1 Å². The zero-order valence-corrected chi connectivity index (χ0v) is 15.8. The fourth-order valence-electron chi connectivity index (χ4n) is 2.29. The summed E-state index contributed by atoms with van der Waals surface area (Å²) in [6, 6.07) is 12.5. The van der Waals surface area contributed by atoms with Crippen molar-refractivity contribution in [1.82, 2.24) is 10.9 Å². The van der Waals surface area contributed by atoms with Crippen molar-refractivity contribution in [3.05, 3.63) is 53.6 Å². The number of hydrogen-bond acceptors (Lipinski definition) is 5. The molecule has 0 aliphatic heterocycles. The zero-order valence-electron chi connectivity index (χ0n) is 15.8. The summed E-state index contributed by atoms with van der Waals surface area (Å²) in [6.45, 7) is 6.70. The molecule has 0 radical (unpaired) electrons. The van der Waals surface area contributed by atoms with Crippen LogP contribution in [0.15, 0.2) is 42.5 Å². The predicted molar refractivity (Wildman–Crippen MR) is 104 cm³/mol. The van der Waals surface area contributed by atoms with Gasteiger partial charge in [0.25, 0.3) is 11.8 Å². The van der Waals surface area contributed by atoms with Crippen LogP contribution < -0.4 is 25.6 Å². The normalized spacial score (nSPS) is 10.0. The van der Waals surface area contributed by atoms with Gasteiger partial charge in [-0.05, 0) is 51.1 Å². The standard InChI is InChI=1S/C20H25N3O4/c1-4-26-17-11-8-15(12-18(17)27-5-2)20(25)23-22-19(24)13-21-16-9-6-14(3)7-10-16/h6-12,21H,4-5,13H2,1-3H3,(H,22,24)(H,23,25). The van der Waals surface area contributed by atoms with Gasteiger partial charge in [-0.25, -0.2) is 0 Å². The molecule has 144 valence electrons. The van der Waals surface area contributed by atoms with Crippen molar-refractivity contribution in [3.63, 3.8) is 0 Å². The minimum absolute atomic E-state index is 0.0385. The number of carbonyl (C=O) groups is 2. The molecule has 2 aromatic carbocycles. The van der Waals surface area contributed by atoms with E-state index in [9.17, 15) is 9.59 Å². The Bertz CT molecular complexity index is 775. The highest BCUT2D eigenvalue weighted by Crippen LogP contribution is 2.28. The molecular weight excluding hydrogens is 346 g/mol. The molecule has 0 spiro atoms. The summed E-state index contributed by atoms with van der Waals surface area (Å²) in [4.78, 5) is 24.1. The molecule has 7 nitrogen and oxygen atoms in total. The molecule has 0 saturated heterocycles. The summed E-state index contributed by atoms with van der Waals surface area (Å²) in [5, 5.41) is 2.98. The molecule has 2 aromatic rings. The topological polar surface area (TPSA) is 88.7 Å². The SMILES string of the molecule is CCOc1ccc(C(=O)NNC(=O)CNc2ccc(C)cc2)cc1OCC. The van der Waals surface area contributed by atoms with Crippen LogP contribution in [0.1, 0.15) is 29.8 Å². The molecule has 0 heterocycles. The molecule has 2 amide bonds. The van der Waals surface area contributed by atoms with E-state index >= 15 is 0 Å². The predicted octanol–water partition coefficient (Wildman–Crippen LogP) is 2.67. The number of anilines is 1. The lowest BCUT2D eigenvalue weighted by atomic mass is 10.2. The van der Waals surface area contributed by atoms with E-state index in [1.807, 2.05) is 45.0 Å². The first-order chi connectivity index (χ1) is 13.0. The summed E-state index contributed by atoms with van der Waals surface area (Å²) in [7, 11) is 0. The summed E-state index contributed by atoms with van der Waals surface area (Å²) in [5.41, 5.74) is 7.09. The van der Waals surface area contributed by atoms with Crippen LogP contribution in [-0.2, 0) is 4.79 Å². The minimum Gasteiger partial charge on any atom is -0.490 e. The molecule has 0 bridgehead atoms. The third-order valence-electron chi connectivity index (χ3n) is 3.63. The van der Waals surface area contributed by atoms with E-state index < -0.39 is 5.91 Å². The van der Waals surface area contributed by atoms with Crippen LogP contribution in [0.25, 0.3) is 0 Å². The number of ether oxygens (including phenoxy) is 2. The number of nitrogens with one attached hydrogen (secondary N) is 3. The Morgan fingerprint density at radius 3 is 2.22 bits per heavy atom. The van der Waals surface area contributed by atoms with Crippen molar-refractivity contribution in [2.24, 2.45) is 0 Å². The van der Waals surface area contributed by atoms with Gasteiger partial charge in [0, 0.05) is 11.3 Å². The van der Waals surface area contributed by atoms with Crippen LogP contribution in [0.5, 0.6) is 11.5 Å². The van der Waals surface area contributed by atoms with Crippen LogP contribution in [0, 0.1) is 6.92 Å². The quantitative estimate of drug-likeness (QED) is 0.621. The Hall–Kier alpha value is -3.22. The third-order valence-corrected chi connectivity index (χ3v) is 3.63. The molecule has 3 N–H and O–H groups in total. The van der Waals surface area contributed by atoms with Gasteiger partial charge in [0.05, 0.1) is 19.8 Å². The molecule has 0 fully saturated rings. The Morgan fingerprint density at radius 1 is 0.889 bits per heavy atom. The van der Waals surface area contributed by atoms with Gasteiger partial charge in [-0.1, -0.05) is 17.7 Å². The number of benzene rings is 2. The van der Waals surface area contributed by atoms with Gasteiger partial charge in [-0.3, -0.25) is 20.4 Å². The van der Waals surface area contributed by atoms with E-state index in [1.54, 1.807) is 18.2 Å². The smallest absolute Gasteiger partial charge is 0.269 e. The molecule has 7 heteroatoms. The number of carbonyl (C=O) groups excluding carboxylic acids is 2. The summed E-state index contributed by atoms with van der Waals surface area (Å²) in [5.74, 6) is 0.254. The van der Waals surface area contributed by atoms with E-state index in [-0.39, 0.29) is 12.5 Å². The zero-order chi connectivity index (χ0) is 19.6. The number of amides is 2. The lowest BCUT2D eigenvalue weighted by Gasteiger charge is -2.13. The second kappa shape index (κ2) is 10.1. The molecule has 0 atom stereocenters. The largest absolute Gasteiger partial charge is 0.490 e. The summed E-state index contributed by atoms with van der Waals surface area (Å²) in [6.07, 6.45) is 0. The fourth-order valence-corrected chi connectivity index (χ4v) is 2.29. The van der Waals surface area contributed by atoms with Crippen LogP contribution in [0.2, 0.25) is 0 Å². The Kier molecular flexibility index (Phi) is 7.49. The first-order valence-electron chi connectivity index (χ1n) is 8.82. The molecule has 0 aromatic heterocycles. The molecule has 0 aliphatic rings.